The van der Waals surface area contributed by atoms with E-state index in [0.717, 1.165) is 5.56 Å². The Balaban J connectivity index is 2.92. The number of benzene rings is 1. The Kier molecular flexibility index (Phi) is 11.0. The van der Waals surface area contributed by atoms with Crippen molar-refractivity contribution in [1.29, 1.82) is 0 Å². The topological polar surface area (TPSA) is 166 Å². The molecule has 0 bridgehead atoms. The second-order valence-corrected chi connectivity index (χ2v) is 8.96. The normalized spacial score (nSPS) is 12.8. The standard InChI is InChI=1S/C23H34N4O7/c1-14(2)19(21(31)25-12-17(24)28)27-20(30)16(11-18(29)34-23(3,4)5)26-22(32)33-13-15-9-7-6-8-10-15/h6-10,14,16,19H,11-13H2,1-5H3,(H2,24,28)(H,25,31)(H,26,32)(H,27,30)/t16-,19-/m0/s1. The molecule has 2 atom stereocenters. The molecule has 0 radical (unpaired) electrons. The summed E-state index contributed by atoms with van der Waals surface area (Å²) in [5, 5.41) is 7.19. The zero-order chi connectivity index (χ0) is 25.9. The predicted molar refractivity (Wildman–Crippen MR) is 123 cm³/mol. The van der Waals surface area contributed by atoms with Crippen LogP contribution >= 0.6 is 0 Å². The number of esters is 1. The third-order valence-electron chi connectivity index (χ3n) is 4.30. The van der Waals surface area contributed by atoms with Crippen molar-refractivity contribution >= 4 is 29.8 Å². The highest BCUT2D eigenvalue weighted by atomic mass is 16.6. The second-order valence-electron chi connectivity index (χ2n) is 8.96. The Morgan fingerprint density at radius 1 is 0.971 bits per heavy atom. The van der Waals surface area contributed by atoms with Gasteiger partial charge in [-0.2, -0.15) is 0 Å². The van der Waals surface area contributed by atoms with Gasteiger partial charge in [-0.15, -0.1) is 0 Å². The van der Waals surface area contributed by atoms with Gasteiger partial charge in [-0.05, 0) is 32.3 Å². The third-order valence-corrected chi connectivity index (χ3v) is 4.30. The molecule has 188 valence electrons. The van der Waals surface area contributed by atoms with Crippen molar-refractivity contribution in [3.8, 4) is 0 Å². The summed E-state index contributed by atoms with van der Waals surface area (Å²) in [4.78, 5) is 61.0. The van der Waals surface area contributed by atoms with Gasteiger partial charge in [0.15, 0.2) is 0 Å². The minimum absolute atomic E-state index is 0.0441. The van der Waals surface area contributed by atoms with Gasteiger partial charge in [0.05, 0.1) is 13.0 Å². The van der Waals surface area contributed by atoms with Crippen LogP contribution in [0, 0.1) is 5.92 Å². The highest BCUT2D eigenvalue weighted by Crippen LogP contribution is 2.11. The number of ether oxygens (including phenoxy) is 2. The summed E-state index contributed by atoms with van der Waals surface area (Å²) in [5.41, 5.74) is 4.97. The van der Waals surface area contributed by atoms with Crippen LogP contribution in [0.3, 0.4) is 0 Å². The molecule has 1 aromatic rings. The summed E-state index contributed by atoms with van der Waals surface area (Å²) in [5.74, 6) is -3.27. The van der Waals surface area contributed by atoms with Crippen molar-refractivity contribution in [2.24, 2.45) is 11.7 Å². The molecule has 0 aliphatic rings. The lowest BCUT2D eigenvalue weighted by Crippen LogP contribution is -2.56. The van der Waals surface area contributed by atoms with Crippen molar-refractivity contribution in [2.75, 3.05) is 6.54 Å². The van der Waals surface area contributed by atoms with Crippen molar-refractivity contribution in [3.63, 3.8) is 0 Å². The van der Waals surface area contributed by atoms with Crippen LogP contribution in [-0.2, 0) is 35.3 Å². The molecule has 11 nitrogen and oxygen atoms in total. The van der Waals surface area contributed by atoms with Crippen LogP contribution in [0.2, 0.25) is 0 Å². The van der Waals surface area contributed by atoms with E-state index in [2.05, 4.69) is 16.0 Å². The van der Waals surface area contributed by atoms with E-state index >= 15 is 0 Å². The molecule has 1 rings (SSSR count). The largest absolute Gasteiger partial charge is 0.460 e. The summed E-state index contributed by atoms with van der Waals surface area (Å²) in [6.07, 6.45) is -1.41. The van der Waals surface area contributed by atoms with Crippen LogP contribution in [0.25, 0.3) is 0 Å². The lowest BCUT2D eigenvalue weighted by Gasteiger charge is -2.26. The van der Waals surface area contributed by atoms with Gasteiger partial charge in [0, 0.05) is 0 Å². The number of nitrogens with one attached hydrogen (secondary N) is 3. The number of rotatable bonds is 11. The lowest BCUT2D eigenvalue weighted by atomic mass is 10.0. The number of nitrogens with two attached hydrogens (primary N) is 1. The fourth-order valence-corrected chi connectivity index (χ4v) is 2.74. The molecular weight excluding hydrogens is 444 g/mol. The first-order chi connectivity index (χ1) is 15.8. The predicted octanol–water partition coefficient (Wildman–Crippen LogP) is 0.756. The molecule has 34 heavy (non-hydrogen) atoms. The number of alkyl carbamates (subject to hydrolysis) is 1. The number of carbonyl (C=O) groups excluding carboxylic acids is 5. The molecule has 11 heteroatoms. The van der Waals surface area contributed by atoms with Gasteiger partial charge in [0.2, 0.25) is 17.7 Å². The molecule has 0 unspecified atom stereocenters. The number of amides is 4. The molecule has 4 amide bonds. The number of primary amides is 1. The van der Waals surface area contributed by atoms with Gasteiger partial charge in [-0.3, -0.25) is 19.2 Å². The first kappa shape index (κ1) is 28.4. The smallest absolute Gasteiger partial charge is 0.408 e. The fourth-order valence-electron chi connectivity index (χ4n) is 2.74. The average molecular weight is 479 g/mol. The van der Waals surface area contributed by atoms with Gasteiger partial charge in [-0.25, -0.2) is 4.79 Å². The molecule has 0 aliphatic heterocycles. The maximum absolute atomic E-state index is 13.0. The van der Waals surface area contributed by atoms with E-state index in [4.69, 9.17) is 15.2 Å². The zero-order valence-corrected chi connectivity index (χ0v) is 20.2. The van der Waals surface area contributed by atoms with E-state index in [1.807, 2.05) is 6.07 Å². The van der Waals surface area contributed by atoms with Crippen LogP contribution in [0.15, 0.2) is 30.3 Å². The van der Waals surface area contributed by atoms with E-state index in [1.54, 1.807) is 58.9 Å². The molecule has 0 saturated heterocycles. The molecule has 0 spiro atoms. The van der Waals surface area contributed by atoms with Crippen LogP contribution in [0.4, 0.5) is 4.79 Å². The van der Waals surface area contributed by atoms with E-state index in [0.29, 0.717) is 0 Å². The minimum Gasteiger partial charge on any atom is -0.460 e. The van der Waals surface area contributed by atoms with Crippen LogP contribution in [0.5, 0.6) is 0 Å². The fraction of sp³-hybridized carbons (Fsp3) is 0.522. The van der Waals surface area contributed by atoms with Gasteiger partial charge in [0.25, 0.3) is 0 Å². The molecule has 0 saturated carbocycles. The maximum atomic E-state index is 13.0. The van der Waals surface area contributed by atoms with Gasteiger partial charge in [0.1, 0.15) is 24.3 Å². The summed E-state index contributed by atoms with van der Waals surface area (Å²) < 4.78 is 10.4. The van der Waals surface area contributed by atoms with Crippen LogP contribution in [0.1, 0.15) is 46.6 Å². The number of hydrogen-bond donors (Lipinski definition) is 4. The Morgan fingerprint density at radius 2 is 1.59 bits per heavy atom. The number of hydrogen-bond acceptors (Lipinski definition) is 7. The second kappa shape index (κ2) is 13.2. The molecular formula is C23H34N4O7. The monoisotopic (exact) mass is 478 g/mol. The van der Waals surface area contributed by atoms with Crippen LogP contribution in [-0.4, -0.2) is 54.0 Å². The van der Waals surface area contributed by atoms with Crippen molar-refractivity contribution in [2.45, 2.75) is 65.3 Å². The summed E-state index contributed by atoms with van der Waals surface area (Å²) >= 11 is 0. The molecule has 5 N–H and O–H groups in total. The summed E-state index contributed by atoms with van der Waals surface area (Å²) in [7, 11) is 0. The molecule has 0 aromatic heterocycles. The van der Waals surface area contributed by atoms with E-state index in [9.17, 15) is 24.0 Å². The molecule has 0 heterocycles. The Bertz CT molecular complexity index is 866. The Hall–Kier alpha value is -3.63. The molecule has 0 aliphatic carbocycles. The average Bonchev–Trinajstić information content (AvgIpc) is 2.72. The maximum Gasteiger partial charge on any atom is 0.408 e. The van der Waals surface area contributed by atoms with Gasteiger partial charge in [-0.1, -0.05) is 44.2 Å². The lowest BCUT2D eigenvalue weighted by molar-refractivity contribution is -0.156. The first-order valence-corrected chi connectivity index (χ1v) is 10.8. The number of carbonyl (C=O) groups is 5. The third kappa shape index (κ3) is 11.3. The van der Waals surface area contributed by atoms with Crippen LogP contribution < -0.4 is 21.7 Å². The van der Waals surface area contributed by atoms with Gasteiger partial charge < -0.3 is 31.2 Å². The molecule has 0 fully saturated rings. The summed E-state index contributed by atoms with van der Waals surface area (Å²) in [6.45, 7) is 7.91. The Labute approximate surface area is 199 Å². The van der Waals surface area contributed by atoms with Crippen molar-refractivity contribution < 1.29 is 33.4 Å². The van der Waals surface area contributed by atoms with Crippen molar-refractivity contribution in [3.05, 3.63) is 35.9 Å². The zero-order valence-electron chi connectivity index (χ0n) is 20.2. The molecule has 1 aromatic carbocycles. The quantitative estimate of drug-likeness (QED) is 0.341. The summed E-state index contributed by atoms with van der Waals surface area (Å²) in [6, 6.07) is 6.48. The van der Waals surface area contributed by atoms with E-state index < -0.39 is 60.4 Å². The SMILES string of the molecule is CC(C)[C@H](NC(=O)[C@H](CC(=O)OC(C)(C)C)NC(=O)OCc1ccccc1)C(=O)NCC(N)=O. The van der Waals surface area contributed by atoms with Gasteiger partial charge >= 0.3 is 12.1 Å². The highest BCUT2D eigenvalue weighted by Gasteiger charge is 2.32. The van der Waals surface area contributed by atoms with E-state index in [1.165, 1.54) is 0 Å². The minimum atomic E-state index is -1.37. The van der Waals surface area contributed by atoms with Crippen molar-refractivity contribution in [1.82, 2.24) is 16.0 Å². The first-order valence-electron chi connectivity index (χ1n) is 10.8. The highest BCUT2D eigenvalue weighted by molar-refractivity contribution is 5.94. The van der Waals surface area contributed by atoms with E-state index in [-0.39, 0.29) is 12.5 Å². The Morgan fingerprint density at radius 3 is 2.12 bits per heavy atom.